The van der Waals surface area contributed by atoms with Crippen LogP contribution in [-0.2, 0) is 11.4 Å². The topological polar surface area (TPSA) is 97.2 Å². The number of nitrogens with one attached hydrogen (secondary N) is 1. The summed E-state index contributed by atoms with van der Waals surface area (Å²) in [5.41, 5.74) is 5.49. The van der Waals surface area contributed by atoms with E-state index in [4.69, 9.17) is 14.6 Å². The van der Waals surface area contributed by atoms with Crippen LogP contribution in [0.15, 0.2) is 77.9 Å². The number of carbonyl (C=O) groups excluding carboxylic acids is 1. The molecule has 180 valence electrons. The first-order chi connectivity index (χ1) is 17.1. The molecule has 35 heavy (non-hydrogen) atoms. The van der Waals surface area contributed by atoms with Gasteiger partial charge in [0.1, 0.15) is 18.1 Å². The van der Waals surface area contributed by atoms with Gasteiger partial charge in [-0.2, -0.15) is 5.10 Å². The van der Waals surface area contributed by atoms with Crippen molar-refractivity contribution in [2.24, 2.45) is 5.10 Å². The molecule has 1 aliphatic rings. The van der Waals surface area contributed by atoms with Crippen LogP contribution in [0.5, 0.6) is 11.5 Å². The fourth-order valence-electron chi connectivity index (χ4n) is 3.24. The van der Waals surface area contributed by atoms with E-state index in [2.05, 4.69) is 10.5 Å². The van der Waals surface area contributed by atoms with Gasteiger partial charge < -0.3 is 14.6 Å². The van der Waals surface area contributed by atoms with Gasteiger partial charge in [0.15, 0.2) is 6.61 Å². The third-order valence-corrected chi connectivity index (χ3v) is 8.11. The second kappa shape index (κ2) is 12.3. The molecule has 0 bridgehead atoms. The van der Waals surface area contributed by atoms with Crippen molar-refractivity contribution >= 4 is 41.6 Å². The summed E-state index contributed by atoms with van der Waals surface area (Å²) >= 11 is 3.90. The van der Waals surface area contributed by atoms with Gasteiger partial charge in [-0.3, -0.25) is 4.79 Å². The Morgan fingerprint density at radius 3 is 2.37 bits per heavy atom. The summed E-state index contributed by atoms with van der Waals surface area (Å²) in [6.07, 6.45) is 1.53. The number of thioether (sulfide) groups is 2. The lowest BCUT2D eigenvalue weighted by Crippen LogP contribution is -2.24. The summed E-state index contributed by atoms with van der Waals surface area (Å²) in [5, 5.41) is 13.0. The molecule has 3 aromatic rings. The Labute approximate surface area is 211 Å². The Kier molecular flexibility index (Phi) is 8.69. The van der Waals surface area contributed by atoms with Crippen molar-refractivity contribution in [1.82, 2.24) is 5.43 Å². The summed E-state index contributed by atoms with van der Waals surface area (Å²) in [5.74, 6) is 2.31. The van der Waals surface area contributed by atoms with E-state index in [0.717, 1.165) is 11.1 Å². The smallest absolute Gasteiger partial charge is 0.335 e. The van der Waals surface area contributed by atoms with Gasteiger partial charge in [0, 0.05) is 11.5 Å². The van der Waals surface area contributed by atoms with Crippen molar-refractivity contribution in [1.29, 1.82) is 0 Å². The van der Waals surface area contributed by atoms with E-state index in [9.17, 15) is 9.59 Å². The number of hydrazone groups is 1. The van der Waals surface area contributed by atoms with Crippen LogP contribution in [0.4, 0.5) is 0 Å². The molecule has 2 N–H and O–H groups in total. The van der Waals surface area contributed by atoms with Crippen LogP contribution in [0.1, 0.15) is 31.6 Å². The first-order valence-electron chi connectivity index (χ1n) is 10.9. The van der Waals surface area contributed by atoms with E-state index in [1.54, 1.807) is 36.4 Å². The highest BCUT2D eigenvalue weighted by Crippen LogP contribution is 2.45. The number of aromatic carboxylic acids is 1. The molecule has 1 aliphatic heterocycles. The number of hydrogen-bond acceptors (Lipinski definition) is 7. The average molecular weight is 509 g/mol. The van der Waals surface area contributed by atoms with E-state index in [0.29, 0.717) is 16.1 Å². The second-order valence-electron chi connectivity index (χ2n) is 7.59. The Morgan fingerprint density at radius 1 is 0.971 bits per heavy atom. The largest absolute Gasteiger partial charge is 0.489 e. The van der Waals surface area contributed by atoms with Crippen molar-refractivity contribution in [3.05, 3.63) is 95.1 Å². The minimum Gasteiger partial charge on any atom is -0.489 e. The molecule has 4 rings (SSSR count). The third-order valence-electron chi connectivity index (χ3n) is 5.01. The number of amides is 1. The molecule has 3 aromatic carbocycles. The van der Waals surface area contributed by atoms with Crippen LogP contribution in [0, 0.1) is 0 Å². The molecule has 0 aromatic heterocycles. The van der Waals surface area contributed by atoms with E-state index >= 15 is 0 Å². The number of carboxylic acid groups (broad SMARTS) is 1. The number of ether oxygens (including phenoxy) is 2. The van der Waals surface area contributed by atoms with Crippen molar-refractivity contribution < 1.29 is 24.2 Å². The highest BCUT2D eigenvalue weighted by Gasteiger charge is 2.18. The summed E-state index contributed by atoms with van der Waals surface area (Å²) < 4.78 is 11.7. The molecule has 7 nitrogen and oxygen atoms in total. The van der Waals surface area contributed by atoms with Gasteiger partial charge >= 0.3 is 5.97 Å². The maximum absolute atomic E-state index is 12.0. The van der Waals surface area contributed by atoms with Crippen molar-refractivity contribution in [3.8, 4) is 11.5 Å². The standard InChI is InChI=1S/C26H24N2O5S2/c29-24(17-33-23-10-6-20(7-11-23)26-34-12-13-35-26)28-27-15-18-4-8-22(9-5-18)32-16-19-2-1-3-21(14-19)25(30)31/h1-11,14-15,26H,12-13,16-17H2,(H,28,29)(H,30,31)/b27-15-. The monoisotopic (exact) mass is 508 g/mol. The quantitative estimate of drug-likeness (QED) is 0.295. The summed E-state index contributed by atoms with van der Waals surface area (Å²) in [6.45, 7) is 0.130. The van der Waals surface area contributed by atoms with Gasteiger partial charge in [0.2, 0.25) is 0 Å². The Morgan fingerprint density at radius 2 is 1.66 bits per heavy atom. The van der Waals surface area contributed by atoms with Gasteiger partial charge in [-0.05, 0) is 65.2 Å². The van der Waals surface area contributed by atoms with E-state index in [1.165, 1.54) is 29.4 Å². The molecule has 0 radical (unpaired) electrons. The first-order valence-corrected chi connectivity index (χ1v) is 13.0. The van der Waals surface area contributed by atoms with Gasteiger partial charge in [0.05, 0.1) is 16.4 Å². The fourth-order valence-corrected chi connectivity index (χ4v) is 6.10. The van der Waals surface area contributed by atoms with Crippen molar-refractivity contribution in [3.63, 3.8) is 0 Å². The molecule has 0 unspecified atom stereocenters. The number of benzene rings is 3. The first kappa shape index (κ1) is 24.7. The van der Waals surface area contributed by atoms with Crippen LogP contribution in [0.2, 0.25) is 0 Å². The number of carboxylic acids is 1. The maximum atomic E-state index is 12.0. The van der Waals surface area contributed by atoms with E-state index in [-0.39, 0.29) is 24.7 Å². The van der Waals surface area contributed by atoms with E-state index in [1.807, 2.05) is 53.9 Å². The highest BCUT2D eigenvalue weighted by atomic mass is 32.2. The predicted octanol–water partition coefficient (Wildman–Crippen LogP) is 4.97. The average Bonchev–Trinajstić information content (AvgIpc) is 3.43. The minimum atomic E-state index is -0.971. The van der Waals surface area contributed by atoms with Crippen LogP contribution in [0.3, 0.4) is 0 Å². The molecular weight excluding hydrogens is 484 g/mol. The zero-order valence-electron chi connectivity index (χ0n) is 18.8. The molecule has 1 saturated heterocycles. The van der Waals surface area contributed by atoms with Crippen molar-refractivity contribution in [2.45, 2.75) is 11.2 Å². The lowest BCUT2D eigenvalue weighted by Gasteiger charge is -2.10. The number of nitrogens with zero attached hydrogens (tertiary/aromatic N) is 1. The summed E-state index contributed by atoms with van der Waals surface area (Å²) in [7, 11) is 0. The number of hydrogen-bond donors (Lipinski definition) is 2. The summed E-state index contributed by atoms with van der Waals surface area (Å²) in [4.78, 5) is 23.1. The molecule has 0 spiro atoms. The zero-order valence-corrected chi connectivity index (χ0v) is 20.4. The SMILES string of the molecule is O=C(COc1ccc(C2SCCS2)cc1)N/N=C\c1ccc(OCc2cccc(C(=O)O)c2)cc1. The second-order valence-corrected chi connectivity index (χ2v) is 10.3. The minimum absolute atomic E-state index is 0.126. The molecule has 0 aliphatic carbocycles. The highest BCUT2D eigenvalue weighted by molar-refractivity contribution is 8.19. The number of carbonyl (C=O) groups is 2. The molecule has 1 amide bonds. The molecular formula is C26H24N2O5S2. The van der Waals surface area contributed by atoms with Gasteiger partial charge in [-0.1, -0.05) is 24.3 Å². The molecule has 1 heterocycles. The van der Waals surface area contributed by atoms with Crippen LogP contribution >= 0.6 is 23.5 Å². The molecule has 0 atom stereocenters. The molecule has 1 fully saturated rings. The Hall–Kier alpha value is -3.43. The molecule has 0 saturated carbocycles. The summed E-state index contributed by atoms with van der Waals surface area (Å²) in [6, 6.07) is 21.6. The van der Waals surface area contributed by atoms with Gasteiger partial charge in [-0.15, -0.1) is 23.5 Å². The van der Waals surface area contributed by atoms with Gasteiger partial charge in [0.25, 0.3) is 5.91 Å². The van der Waals surface area contributed by atoms with Crippen LogP contribution < -0.4 is 14.9 Å². The molecule has 9 heteroatoms. The maximum Gasteiger partial charge on any atom is 0.335 e. The zero-order chi connectivity index (χ0) is 24.5. The lowest BCUT2D eigenvalue weighted by atomic mass is 10.1. The van der Waals surface area contributed by atoms with Gasteiger partial charge in [-0.25, -0.2) is 10.2 Å². The lowest BCUT2D eigenvalue weighted by molar-refractivity contribution is -0.123. The normalized spacial score (nSPS) is 13.6. The fraction of sp³-hybridized carbons (Fsp3) is 0.192. The van der Waals surface area contributed by atoms with Crippen LogP contribution in [0.25, 0.3) is 0 Å². The third kappa shape index (κ3) is 7.53. The van der Waals surface area contributed by atoms with Crippen molar-refractivity contribution in [2.75, 3.05) is 18.1 Å². The number of rotatable bonds is 10. The Balaban J connectivity index is 1.18. The Bertz CT molecular complexity index is 1180. The van der Waals surface area contributed by atoms with Crippen LogP contribution in [-0.4, -0.2) is 41.3 Å². The predicted molar refractivity (Wildman–Crippen MR) is 140 cm³/mol. The van der Waals surface area contributed by atoms with E-state index < -0.39 is 5.97 Å².